The quantitative estimate of drug-likeness (QED) is 0.0812. The molecular formula is C38H62O8. The molecule has 1 aromatic rings. The summed E-state index contributed by atoms with van der Waals surface area (Å²) in [5, 5.41) is 0. The van der Waals surface area contributed by atoms with Crippen molar-refractivity contribution in [3.05, 3.63) is 35.9 Å². The van der Waals surface area contributed by atoms with Crippen LogP contribution in [0.5, 0.6) is 0 Å². The monoisotopic (exact) mass is 646 g/mol. The van der Waals surface area contributed by atoms with Gasteiger partial charge in [-0.05, 0) is 12.8 Å². The van der Waals surface area contributed by atoms with E-state index in [9.17, 15) is 9.59 Å². The van der Waals surface area contributed by atoms with Crippen molar-refractivity contribution in [2.45, 2.75) is 179 Å². The Kier molecular flexibility index (Phi) is 19.5. The summed E-state index contributed by atoms with van der Waals surface area (Å²) in [6.07, 6.45) is 16.9. The molecule has 3 rings (SSSR count). The van der Waals surface area contributed by atoms with Crippen molar-refractivity contribution in [1.82, 2.24) is 0 Å². The van der Waals surface area contributed by atoms with Crippen LogP contribution in [0.3, 0.4) is 0 Å². The smallest absolute Gasteiger partial charge is 0.306 e. The summed E-state index contributed by atoms with van der Waals surface area (Å²) >= 11 is 0. The largest absolute Gasteiger partial charge is 0.455 e. The maximum absolute atomic E-state index is 13.2. The fraction of sp³-hybridized carbons (Fsp3) is 0.789. The predicted octanol–water partition coefficient (Wildman–Crippen LogP) is 9.14. The number of benzene rings is 1. The van der Waals surface area contributed by atoms with Crippen LogP contribution in [0, 0.1) is 0 Å². The molecule has 0 spiro atoms. The normalized spacial score (nSPS) is 24.3. The molecule has 46 heavy (non-hydrogen) atoms. The fourth-order valence-electron chi connectivity index (χ4n) is 6.36. The van der Waals surface area contributed by atoms with Gasteiger partial charge >= 0.3 is 11.9 Å². The van der Waals surface area contributed by atoms with E-state index in [-0.39, 0.29) is 18.5 Å². The predicted molar refractivity (Wildman–Crippen MR) is 179 cm³/mol. The van der Waals surface area contributed by atoms with Gasteiger partial charge in [0.2, 0.25) is 0 Å². The minimum atomic E-state index is -0.945. The molecular weight excluding hydrogens is 584 g/mol. The van der Waals surface area contributed by atoms with Gasteiger partial charge in [0.05, 0.1) is 6.61 Å². The third-order valence-electron chi connectivity index (χ3n) is 9.09. The summed E-state index contributed by atoms with van der Waals surface area (Å²) in [5.41, 5.74) is 0.855. The zero-order valence-electron chi connectivity index (χ0n) is 29.0. The van der Waals surface area contributed by atoms with Crippen molar-refractivity contribution in [3.63, 3.8) is 0 Å². The molecule has 0 aliphatic carbocycles. The number of hydrogen-bond acceptors (Lipinski definition) is 8. The molecule has 2 aliphatic rings. The second-order valence-corrected chi connectivity index (χ2v) is 13.0. The van der Waals surface area contributed by atoms with Gasteiger partial charge in [0.15, 0.2) is 24.8 Å². The molecule has 0 aromatic heterocycles. The Labute approximate surface area is 278 Å². The van der Waals surface area contributed by atoms with E-state index in [4.69, 9.17) is 28.4 Å². The standard InChI is InChI=1S/C38H62O8/c1-4-6-8-10-12-14-16-18-23-27-32(39)44-35-34-31(29-42-37(46-34)30-25-21-20-22-26-30)43-38(41-3)36(35)45-33(40)28-24-19-17-15-13-11-9-7-5-2/h20-22,25-26,31,34-38H,4-19,23-24,27-29H2,1-3H3/t31-,34-,35+,36-,37?,38+/m1/s1. The Bertz CT molecular complexity index is 940. The first kappa shape index (κ1) is 38.4. The van der Waals surface area contributed by atoms with E-state index in [0.717, 1.165) is 44.1 Å². The van der Waals surface area contributed by atoms with Crippen LogP contribution in [0.25, 0.3) is 0 Å². The number of unbranched alkanes of at least 4 members (excludes halogenated alkanes) is 16. The van der Waals surface area contributed by atoms with Crippen LogP contribution in [0.1, 0.15) is 154 Å². The number of ether oxygens (including phenoxy) is 6. The van der Waals surface area contributed by atoms with Gasteiger partial charge in [0, 0.05) is 25.5 Å². The average Bonchev–Trinajstić information content (AvgIpc) is 3.07. The van der Waals surface area contributed by atoms with Crippen LogP contribution >= 0.6 is 0 Å². The van der Waals surface area contributed by atoms with Crippen LogP contribution in [-0.4, -0.2) is 56.4 Å². The number of hydrogen-bond donors (Lipinski definition) is 0. The Morgan fingerprint density at radius 2 is 1.13 bits per heavy atom. The average molecular weight is 647 g/mol. The van der Waals surface area contributed by atoms with E-state index >= 15 is 0 Å². The molecule has 2 aliphatic heterocycles. The number of esters is 2. The van der Waals surface area contributed by atoms with E-state index in [1.165, 1.54) is 84.2 Å². The highest BCUT2D eigenvalue weighted by molar-refractivity contribution is 5.70. The summed E-state index contributed by atoms with van der Waals surface area (Å²) in [6.45, 7) is 4.69. The third-order valence-corrected chi connectivity index (χ3v) is 9.09. The van der Waals surface area contributed by atoms with Gasteiger partial charge in [-0.2, -0.15) is 0 Å². The molecule has 262 valence electrons. The molecule has 2 heterocycles. The number of carbonyl (C=O) groups excluding carboxylic acids is 2. The van der Waals surface area contributed by atoms with E-state index in [2.05, 4.69) is 13.8 Å². The lowest BCUT2D eigenvalue weighted by molar-refractivity contribution is -0.359. The maximum atomic E-state index is 13.2. The van der Waals surface area contributed by atoms with Gasteiger partial charge in [-0.25, -0.2) is 0 Å². The van der Waals surface area contributed by atoms with Crippen LogP contribution < -0.4 is 0 Å². The lowest BCUT2D eigenvalue weighted by Gasteiger charge is -2.47. The van der Waals surface area contributed by atoms with Crippen molar-refractivity contribution in [3.8, 4) is 0 Å². The fourth-order valence-corrected chi connectivity index (χ4v) is 6.36. The van der Waals surface area contributed by atoms with Crippen molar-refractivity contribution >= 4 is 11.9 Å². The van der Waals surface area contributed by atoms with Crippen molar-refractivity contribution < 1.29 is 38.0 Å². The van der Waals surface area contributed by atoms with E-state index in [1.807, 2.05) is 30.3 Å². The molecule has 0 bridgehead atoms. The van der Waals surface area contributed by atoms with E-state index < -0.39 is 37.0 Å². The van der Waals surface area contributed by atoms with Gasteiger partial charge in [-0.15, -0.1) is 0 Å². The first-order chi connectivity index (χ1) is 22.6. The van der Waals surface area contributed by atoms with E-state index in [0.29, 0.717) is 12.8 Å². The second kappa shape index (κ2) is 23.3. The molecule has 2 saturated heterocycles. The molecule has 8 nitrogen and oxygen atoms in total. The van der Waals surface area contributed by atoms with Crippen molar-refractivity contribution in [2.24, 2.45) is 0 Å². The first-order valence-electron chi connectivity index (χ1n) is 18.5. The summed E-state index contributed by atoms with van der Waals surface area (Å²) in [7, 11) is 1.50. The zero-order chi connectivity index (χ0) is 32.8. The molecule has 1 aromatic carbocycles. The maximum Gasteiger partial charge on any atom is 0.306 e. The lowest BCUT2D eigenvalue weighted by atomic mass is 9.97. The number of methoxy groups -OCH3 is 1. The van der Waals surface area contributed by atoms with Crippen molar-refractivity contribution in [1.29, 1.82) is 0 Å². The molecule has 0 N–H and O–H groups in total. The van der Waals surface area contributed by atoms with Crippen molar-refractivity contribution in [2.75, 3.05) is 13.7 Å². The first-order valence-corrected chi connectivity index (χ1v) is 18.5. The molecule has 6 atom stereocenters. The van der Waals surface area contributed by atoms with Gasteiger partial charge < -0.3 is 28.4 Å². The van der Waals surface area contributed by atoms with Crippen LogP contribution in [0.15, 0.2) is 30.3 Å². The molecule has 0 saturated carbocycles. The summed E-state index contributed by atoms with van der Waals surface area (Å²) in [4.78, 5) is 26.3. The topological polar surface area (TPSA) is 89.5 Å². The van der Waals surface area contributed by atoms with Gasteiger partial charge in [0.25, 0.3) is 0 Å². The SMILES string of the molecule is CCCCCCCCCCCC(=O)O[C@@H]1[C@@H](OC(=O)CCCCCCCCCCC)[C@@H](OC)O[C@@H]2COC(c3ccccc3)O[C@@H]12. The number of carbonyl (C=O) groups is 2. The highest BCUT2D eigenvalue weighted by Gasteiger charge is 2.54. The number of rotatable bonds is 24. The molecule has 1 unspecified atom stereocenters. The summed E-state index contributed by atoms with van der Waals surface area (Å²) in [5.74, 6) is -0.668. The second-order valence-electron chi connectivity index (χ2n) is 13.0. The molecule has 0 amide bonds. The van der Waals surface area contributed by atoms with E-state index in [1.54, 1.807) is 0 Å². The Hall–Kier alpha value is -2.00. The minimum Gasteiger partial charge on any atom is -0.455 e. The molecule has 0 radical (unpaired) electrons. The van der Waals surface area contributed by atoms with Gasteiger partial charge in [-0.1, -0.05) is 147 Å². The van der Waals surface area contributed by atoms with Crippen LogP contribution in [-0.2, 0) is 38.0 Å². The Morgan fingerprint density at radius 1 is 0.652 bits per heavy atom. The molecule has 2 fully saturated rings. The summed E-state index contributed by atoms with van der Waals surface area (Å²) < 4.78 is 36.3. The van der Waals surface area contributed by atoms with Crippen LogP contribution in [0.4, 0.5) is 0 Å². The highest BCUT2D eigenvalue weighted by atomic mass is 16.8. The lowest BCUT2D eigenvalue weighted by Crippen LogP contribution is -2.64. The van der Waals surface area contributed by atoms with Gasteiger partial charge in [-0.3, -0.25) is 9.59 Å². The minimum absolute atomic E-state index is 0.232. The van der Waals surface area contributed by atoms with Crippen LogP contribution in [0.2, 0.25) is 0 Å². The van der Waals surface area contributed by atoms with Gasteiger partial charge in [0.1, 0.15) is 12.2 Å². The number of fused-ring (bicyclic) bond motifs is 1. The Morgan fingerprint density at radius 3 is 1.63 bits per heavy atom. The highest BCUT2D eigenvalue weighted by Crippen LogP contribution is 2.37. The summed E-state index contributed by atoms with van der Waals surface area (Å²) in [6, 6.07) is 9.64. The molecule has 8 heteroatoms. The zero-order valence-corrected chi connectivity index (χ0v) is 29.0. The Balaban J connectivity index is 1.56. The third kappa shape index (κ3) is 14.0.